The molecule has 0 bridgehead atoms. The van der Waals surface area contributed by atoms with Gasteiger partial charge in [-0.3, -0.25) is 4.79 Å². The first-order valence-electron chi connectivity index (χ1n) is 7.91. The van der Waals surface area contributed by atoms with Gasteiger partial charge in [-0.15, -0.1) is 0 Å². The van der Waals surface area contributed by atoms with E-state index in [2.05, 4.69) is 5.32 Å². The van der Waals surface area contributed by atoms with Gasteiger partial charge in [-0.25, -0.2) is 9.59 Å². The van der Waals surface area contributed by atoms with Crippen molar-refractivity contribution in [2.45, 2.75) is 32.0 Å². The molecular formula is C17H19N3O5. The van der Waals surface area contributed by atoms with Crippen molar-refractivity contribution in [3.8, 4) is 0 Å². The van der Waals surface area contributed by atoms with Gasteiger partial charge < -0.3 is 26.2 Å². The summed E-state index contributed by atoms with van der Waals surface area (Å²) in [6.45, 7) is 1.82. The molecule has 3 atom stereocenters. The van der Waals surface area contributed by atoms with Crippen LogP contribution < -0.4 is 11.1 Å². The Balaban J connectivity index is 1.87. The summed E-state index contributed by atoms with van der Waals surface area (Å²) in [4.78, 5) is 35.9. The molecule has 3 amide bonds. The maximum atomic E-state index is 12.2. The number of amides is 3. The lowest BCUT2D eigenvalue weighted by atomic mass is 9.82. The number of carbonyl (C=O) groups excluding carboxylic acids is 2. The zero-order chi connectivity index (χ0) is 18.3. The van der Waals surface area contributed by atoms with Crippen molar-refractivity contribution in [1.29, 1.82) is 0 Å². The van der Waals surface area contributed by atoms with Gasteiger partial charge in [0.1, 0.15) is 5.70 Å². The number of aliphatic carboxylic acids is 1. The number of carboxylic acid groups (broad SMARTS) is 1. The molecule has 2 heterocycles. The van der Waals surface area contributed by atoms with E-state index in [-0.39, 0.29) is 24.2 Å². The molecule has 3 rings (SSSR count). The summed E-state index contributed by atoms with van der Waals surface area (Å²) in [7, 11) is 0. The SMILES string of the molecule is C[C@@H](O)[C@H]1C(=O)N2C(C(=O)O)=C(c3ccc(CNC(N)=O)cc3)C[C@H]12. The molecular weight excluding hydrogens is 326 g/mol. The third-order valence-corrected chi connectivity index (χ3v) is 4.70. The van der Waals surface area contributed by atoms with Crippen molar-refractivity contribution in [3.63, 3.8) is 0 Å². The summed E-state index contributed by atoms with van der Waals surface area (Å²) in [5.41, 5.74) is 7.10. The number of hydrogen-bond acceptors (Lipinski definition) is 4. The molecule has 5 N–H and O–H groups in total. The third kappa shape index (κ3) is 2.85. The second-order valence-electron chi connectivity index (χ2n) is 6.29. The first kappa shape index (κ1) is 17.0. The number of carbonyl (C=O) groups is 3. The van der Waals surface area contributed by atoms with Crippen molar-refractivity contribution in [1.82, 2.24) is 10.2 Å². The molecule has 0 spiro atoms. The van der Waals surface area contributed by atoms with E-state index >= 15 is 0 Å². The number of rotatable bonds is 5. The van der Waals surface area contributed by atoms with Crippen molar-refractivity contribution < 1.29 is 24.6 Å². The number of fused-ring (bicyclic) bond motifs is 1. The Bertz CT molecular complexity index is 769. The number of nitrogens with one attached hydrogen (secondary N) is 1. The summed E-state index contributed by atoms with van der Waals surface area (Å²) in [5.74, 6) is -2.07. The van der Waals surface area contributed by atoms with Gasteiger partial charge in [-0.1, -0.05) is 24.3 Å². The Labute approximate surface area is 143 Å². The Morgan fingerprint density at radius 1 is 1.36 bits per heavy atom. The van der Waals surface area contributed by atoms with Crippen molar-refractivity contribution in [2.75, 3.05) is 0 Å². The molecule has 25 heavy (non-hydrogen) atoms. The lowest BCUT2D eigenvalue weighted by Crippen LogP contribution is -2.61. The fourth-order valence-corrected chi connectivity index (χ4v) is 3.54. The van der Waals surface area contributed by atoms with Crippen LogP contribution in [-0.2, 0) is 16.1 Å². The van der Waals surface area contributed by atoms with E-state index < -0.39 is 24.0 Å². The maximum Gasteiger partial charge on any atom is 0.352 e. The molecule has 0 saturated carbocycles. The minimum atomic E-state index is -1.16. The van der Waals surface area contributed by atoms with Gasteiger partial charge >= 0.3 is 12.0 Å². The molecule has 2 aliphatic heterocycles. The predicted molar refractivity (Wildman–Crippen MR) is 87.8 cm³/mol. The Kier molecular flexibility index (Phi) is 4.22. The van der Waals surface area contributed by atoms with Crippen LogP contribution in [0.3, 0.4) is 0 Å². The number of urea groups is 1. The maximum absolute atomic E-state index is 12.2. The summed E-state index contributed by atoms with van der Waals surface area (Å²) in [6.07, 6.45) is -0.424. The third-order valence-electron chi connectivity index (χ3n) is 4.70. The highest BCUT2D eigenvalue weighted by Gasteiger charge is 2.56. The average Bonchev–Trinajstić information content (AvgIpc) is 2.88. The lowest BCUT2D eigenvalue weighted by Gasteiger charge is -2.44. The Hall–Kier alpha value is -2.87. The zero-order valence-corrected chi connectivity index (χ0v) is 13.6. The zero-order valence-electron chi connectivity index (χ0n) is 13.6. The lowest BCUT2D eigenvalue weighted by molar-refractivity contribution is -0.161. The van der Waals surface area contributed by atoms with Crippen molar-refractivity contribution in [2.24, 2.45) is 11.7 Å². The van der Waals surface area contributed by atoms with Crippen LogP contribution in [0.2, 0.25) is 0 Å². The van der Waals surface area contributed by atoms with E-state index in [1.807, 2.05) is 0 Å². The van der Waals surface area contributed by atoms with Crippen LogP contribution in [0, 0.1) is 5.92 Å². The number of aliphatic hydroxyl groups excluding tert-OH is 1. The molecule has 0 aromatic heterocycles. The average molecular weight is 345 g/mol. The smallest absolute Gasteiger partial charge is 0.352 e. The van der Waals surface area contributed by atoms with E-state index in [4.69, 9.17) is 5.73 Å². The minimum Gasteiger partial charge on any atom is -0.477 e. The van der Waals surface area contributed by atoms with Crippen LogP contribution in [-0.4, -0.2) is 45.2 Å². The second-order valence-corrected chi connectivity index (χ2v) is 6.29. The van der Waals surface area contributed by atoms with Gasteiger partial charge in [-0.05, 0) is 30.0 Å². The molecule has 1 aromatic rings. The fraction of sp³-hybridized carbons (Fsp3) is 0.353. The highest BCUT2D eigenvalue weighted by Crippen LogP contribution is 2.46. The van der Waals surface area contributed by atoms with Crippen LogP contribution in [0.5, 0.6) is 0 Å². The van der Waals surface area contributed by atoms with Crippen LogP contribution in [0.15, 0.2) is 30.0 Å². The van der Waals surface area contributed by atoms with E-state index in [0.29, 0.717) is 17.6 Å². The molecule has 2 aliphatic rings. The Morgan fingerprint density at radius 2 is 2.00 bits per heavy atom. The van der Waals surface area contributed by atoms with Crippen LogP contribution in [0.25, 0.3) is 5.57 Å². The second kappa shape index (κ2) is 6.21. The van der Waals surface area contributed by atoms with Gasteiger partial charge in [0.2, 0.25) is 5.91 Å². The summed E-state index contributed by atoms with van der Waals surface area (Å²) < 4.78 is 0. The molecule has 8 nitrogen and oxygen atoms in total. The standard InChI is InChI=1S/C17H19N3O5/c1-8(21)13-12-6-11(14(16(23)24)20(12)15(13)22)10-4-2-9(3-5-10)7-19-17(18)25/h2-5,8,12-13,21H,6-7H2,1H3,(H,23,24)(H3,18,19,25)/t8-,12-,13-/m1/s1. The number of benzene rings is 1. The molecule has 1 aromatic carbocycles. The number of carboxylic acids is 1. The van der Waals surface area contributed by atoms with Crippen LogP contribution in [0.4, 0.5) is 4.79 Å². The van der Waals surface area contributed by atoms with Crippen molar-refractivity contribution >= 4 is 23.5 Å². The quantitative estimate of drug-likeness (QED) is 0.568. The number of nitrogens with two attached hydrogens (primary N) is 1. The molecule has 132 valence electrons. The van der Waals surface area contributed by atoms with Gasteiger partial charge in [0.15, 0.2) is 0 Å². The van der Waals surface area contributed by atoms with Gasteiger partial charge in [-0.2, -0.15) is 0 Å². The first-order chi connectivity index (χ1) is 11.8. The number of nitrogens with zero attached hydrogens (tertiary/aromatic N) is 1. The predicted octanol–water partition coefficient (Wildman–Crippen LogP) is 0.262. The number of primary amides is 1. The largest absolute Gasteiger partial charge is 0.477 e. The topological polar surface area (TPSA) is 133 Å². The van der Waals surface area contributed by atoms with E-state index in [0.717, 1.165) is 5.56 Å². The number of β-lactam (4-membered cyclic amide) rings is 1. The highest BCUT2D eigenvalue weighted by molar-refractivity contribution is 6.06. The van der Waals surface area contributed by atoms with Gasteiger partial charge in [0.05, 0.1) is 18.1 Å². The summed E-state index contributed by atoms with van der Waals surface area (Å²) in [5, 5.41) is 21.8. The van der Waals surface area contributed by atoms with Gasteiger partial charge in [0, 0.05) is 6.54 Å². The summed E-state index contributed by atoms with van der Waals surface area (Å²) >= 11 is 0. The normalized spacial score (nSPS) is 23.1. The molecule has 0 radical (unpaired) electrons. The molecule has 1 fully saturated rings. The monoisotopic (exact) mass is 345 g/mol. The van der Waals surface area contributed by atoms with Crippen LogP contribution in [0.1, 0.15) is 24.5 Å². The molecule has 0 unspecified atom stereocenters. The van der Waals surface area contributed by atoms with E-state index in [1.165, 1.54) is 4.90 Å². The molecule has 1 saturated heterocycles. The van der Waals surface area contributed by atoms with Crippen LogP contribution >= 0.6 is 0 Å². The van der Waals surface area contributed by atoms with Crippen molar-refractivity contribution in [3.05, 3.63) is 41.1 Å². The minimum absolute atomic E-state index is 0.0186. The van der Waals surface area contributed by atoms with Gasteiger partial charge in [0.25, 0.3) is 0 Å². The molecule has 8 heteroatoms. The van der Waals surface area contributed by atoms with E-state index in [1.54, 1.807) is 31.2 Å². The molecule has 0 aliphatic carbocycles. The summed E-state index contributed by atoms with van der Waals surface area (Å²) in [6, 6.07) is 6.10. The first-order valence-corrected chi connectivity index (χ1v) is 7.91. The number of hydrogen-bond donors (Lipinski definition) is 4. The Morgan fingerprint density at radius 3 is 2.52 bits per heavy atom. The number of aliphatic hydroxyl groups is 1. The fourth-order valence-electron chi connectivity index (χ4n) is 3.54. The highest BCUT2D eigenvalue weighted by atomic mass is 16.4. The van der Waals surface area contributed by atoms with E-state index in [9.17, 15) is 24.6 Å².